The first kappa shape index (κ1) is 12.7. The summed E-state index contributed by atoms with van der Waals surface area (Å²) in [4.78, 5) is 16.1. The molecule has 0 saturated carbocycles. The summed E-state index contributed by atoms with van der Waals surface area (Å²) in [6.45, 7) is 1.95. The Morgan fingerprint density at radius 2 is 2.00 bits per heavy atom. The van der Waals surface area contributed by atoms with Crippen molar-refractivity contribution in [3.63, 3.8) is 0 Å². The molecule has 1 heterocycles. The van der Waals surface area contributed by atoms with E-state index in [2.05, 4.69) is 27.6 Å². The Labute approximate surface area is 118 Å². The molecule has 17 heavy (non-hydrogen) atoms. The second-order valence-corrected chi connectivity index (χ2v) is 6.09. The number of Topliss-reactive ketones (excluding diaryl/α,β-unsaturated/α-hetero) is 1. The number of aromatic nitrogens is 1. The van der Waals surface area contributed by atoms with Crippen LogP contribution < -0.4 is 0 Å². The number of hydrogen-bond donors (Lipinski definition) is 0. The van der Waals surface area contributed by atoms with Gasteiger partial charge in [-0.3, -0.25) is 4.79 Å². The van der Waals surface area contributed by atoms with Crippen molar-refractivity contribution in [3.8, 4) is 0 Å². The van der Waals surface area contributed by atoms with Gasteiger partial charge >= 0.3 is 0 Å². The van der Waals surface area contributed by atoms with Crippen LogP contribution in [0.1, 0.15) is 16.3 Å². The van der Waals surface area contributed by atoms with E-state index >= 15 is 0 Å². The summed E-state index contributed by atoms with van der Waals surface area (Å²) in [5.41, 5.74) is 2.07. The van der Waals surface area contributed by atoms with Gasteiger partial charge in [0.15, 0.2) is 0 Å². The van der Waals surface area contributed by atoms with Gasteiger partial charge < -0.3 is 0 Å². The van der Waals surface area contributed by atoms with Crippen LogP contribution in [-0.2, 0) is 17.6 Å². The molecule has 0 aliphatic carbocycles. The Balaban J connectivity index is 1.95. The summed E-state index contributed by atoms with van der Waals surface area (Å²) in [6, 6.07) is 8.06. The third-order valence-corrected chi connectivity index (χ3v) is 4.02. The highest BCUT2D eigenvalue weighted by atomic mass is 127. The number of halogens is 1. The fourth-order valence-corrected chi connectivity index (χ4v) is 2.70. The molecule has 2 rings (SSSR count). The van der Waals surface area contributed by atoms with Crippen LogP contribution in [0.4, 0.5) is 0 Å². The zero-order valence-corrected chi connectivity index (χ0v) is 12.4. The maximum atomic E-state index is 11.8. The fourth-order valence-electron chi connectivity index (χ4n) is 1.54. The minimum Gasteiger partial charge on any atom is -0.299 e. The van der Waals surface area contributed by atoms with Crippen LogP contribution >= 0.6 is 33.9 Å². The summed E-state index contributed by atoms with van der Waals surface area (Å²) in [7, 11) is 0. The quantitative estimate of drug-likeness (QED) is 0.785. The van der Waals surface area contributed by atoms with Crippen molar-refractivity contribution >= 4 is 39.7 Å². The van der Waals surface area contributed by atoms with Crippen molar-refractivity contribution < 1.29 is 4.79 Å². The van der Waals surface area contributed by atoms with E-state index in [9.17, 15) is 4.79 Å². The normalized spacial score (nSPS) is 10.5. The van der Waals surface area contributed by atoms with Crippen molar-refractivity contribution in [1.82, 2.24) is 4.98 Å². The number of carbonyl (C=O) groups is 1. The van der Waals surface area contributed by atoms with Gasteiger partial charge in [0.1, 0.15) is 10.8 Å². The molecule has 0 unspecified atom stereocenters. The van der Waals surface area contributed by atoms with Gasteiger partial charge in [-0.15, -0.1) is 11.3 Å². The number of aryl methyl sites for hydroxylation is 1. The zero-order valence-electron chi connectivity index (χ0n) is 9.44. The molecule has 0 N–H and O–H groups in total. The lowest BCUT2D eigenvalue weighted by Gasteiger charge is -2.00. The molecule has 2 aromatic rings. The minimum absolute atomic E-state index is 0.223. The summed E-state index contributed by atoms with van der Waals surface area (Å²) in [5, 5.41) is 2.89. The van der Waals surface area contributed by atoms with Gasteiger partial charge in [0.05, 0.1) is 6.42 Å². The molecule has 0 bridgehead atoms. The monoisotopic (exact) mass is 357 g/mol. The SMILES string of the molecule is Cc1csc(CC(=O)Cc2ccc(I)cc2)n1. The molecule has 0 radical (unpaired) electrons. The first-order valence-corrected chi connectivity index (χ1v) is 7.26. The Bertz CT molecular complexity index is 518. The molecule has 0 atom stereocenters. The van der Waals surface area contributed by atoms with Gasteiger partial charge in [-0.1, -0.05) is 12.1 Å². The summed E-state index contributed by atoms with van der Waals surface area (Å²) >= 11 is 3.82. The molecule has 0 aliphatic rings. The van der Waals surface area contributed by atoms with Crippen LogP contribution in [0.2, 0.25) is 0 Å². The third kappa shape index (κ3) is 3.89. The van der Waals surface area contributed by atoms with Gasteiger partial charge in [-0.05, 0) is 47.2 Å². The Kier molecular flexibility index (Phi) is 4.28. The molecule has 1 aromatic heterocycles. The molecule has 0 saturated heterocycles. The van der Waals surface area contributed by atoms with Gasteiger partial charge in [0.2, 0.25) is 0 Å². The highest BCUT2D eigenvalue weighted by molar-refractivity contribution is 14.1. The minimum atomic E-state index is 0.223. The van der Waals surface area contributed by atoms with Crippen LogP contribution in [-0.4, -0.2) is 10.8 Å². The largest absolute Gasteiger partial charge is 0.299 e. The van der Waals surface area contributed by atoms with Crippen LogP contribution in [0.3, 0.4) is 0 Å². The highest BCUT2D eigenvalue weighted by Gasteiger charge is 2.07. The van der Waals surface area contributed by atoms with Crippen molar-refractivity contribution in [2.75, 3.05) is 0 Å². The van der Waals surface area contributed by atoms with Crippen LogP contribution in [0.25, 0.3) is 0 Å². The Hall–Kier alpha value is -0.750. The lowest BCUT2D eigenvalue weighted by molar-refractivity contribution is -0.117. The Morgan fingerprint density at radius 1 is 1.29 bits per heavy atom. The molecule has 0 amide bonds. The second-order valence-electron chi connectivity index (χ2n) is 3.90. The van der Waals surface area contributed by atoms with E-state index in [1.807, 2.05) is 36.6 Å². The van der Waals surface area contributed by atoms with E-state index in [0.717, 1.165) is 16.3 Å². The number of thiazole rings is 1. The van der Waals surface area contributed by atoms with Crippen molar-refractivity contribution in [1.29, 1.82) is 0 Å². The maximum Gasteiger partial charge on any atom is 0.144 e. The van der Waals surface area contributed by atoms with Crippen molar-refractivity contribution in [3.05, 3.63) is 49.5 Å². The first-order chi connectivity index (χ1) is 8.13. The predicted octanol–water partition coefficient (Wildman–Crippen LogP) is 3.41. The molecule has 0 spiro atoms. The van der Waals surface area contributed by atoms with Crippen LogP contribution in [0.5, 0.6) is 0 Å². The average molecular weight is 357 g/mol. The molecular formula is C13H12INOS. The van der Waals surface area contributed by atoms with Gasteiger partial charge in [0.25, 0.3) is 0 Å². The highest BCUT2D eigenvalue weighted by Crippen LogP contribution is 2.12. The average Bonchev–Trinajstić information content (AvgIpc) is 2.67. The summed E-state index contributed by atoms with van der Waals surface area (Å²) in [5.74, 6) is 0.223. The third-order valence-electron chi connectivity index (χ3n) is 2.33. The van der Waals surface area contributed by atoms with Crippen LogP contribution in [0.15, 0.2) is 29.6 Å². The maximum absolute atomic E-state index is 11.8. The molecule has 0 fully saturated rings. The predicted molar refractivity (Wildman–Crippen MR) is 78.4 cm³/mol. The molecular weight excluding hydrogens is 345 g/mol. The molecule has 1 aromatic carbocycles. The smallest absolute Gasteiger partial charge is 0.144 e. The van der Waals surface area contributed by atoms with E-state index in [4.69, 9.17) is 0 Å². The molecule has 0 aliphatic heterocycles. The fraction of sp³-hybridized carbons (Fsp3) is 0.231. The van der Waals surface area contributed by atoms with Crippen LogP contribution in [0, 0.1) is 10.5 Å². The number of carbonyl (C=O) groups excluding carboxylic acids is 1. The van der Waals surface area contributed by atoms with E-state index in [0.29, 0.717) is 12.8 Å². The van der Waals surface area contributed by atoms with Gasteiger partial charge in [-0.25, -0.2) is 4.98 Å². The number of ketones is 1. The zero-order chi connectivity index (χ0) is 12.3. The van der Waals surface area contributed by atoms with Crippen molar-refractivity contribution in [2.24, 2.45) is 0 Å². The number of nitrogens with zero attached hydrogens (tertiary/aromatic N) is 1. The summed E-state index contributed by atoms with van der Waals surface area (Å²) < 4.78 is 1.19. The molecule has 88 valence electrons. The Morgan fingerprint density at radius 3 is 2.59 bits per heavy atom. The van der Waals surface area contributed by atoms with Crippen molar-refractivity contribution in [2.45, 2.75) is 19.8 Å². The topological polar surface area (TPSA) is 30.0 Å². The van der Waals surface area contributed by atoms with E-state index in [1.165, 1.54) is 3.57 Å². The second kappa shape index (κ2) is 5.73. The van der Waals surface area contributed by atoms with E-state index < -0.39 is 0 Å². The van der Waals surface area contributed by atoms with Gasteiger partial charge in [-0.2, -0.15) is 0 Å². The summed E-state index contributed by atoms with van der Waals surface area (Å²) in [6.07, 6.45) is 0.944. The molecule has 4 heteroatoms. The lowest BCUT2D eigenvalue weighted by atomic mass is 10.1. The van der Waals surface area contributed by atoms with Gasteiger partial charge in [0, 0.05) is 21.1 Å². The lowest BCUT2D eigenvalue weighted by Crippen LogP contribution is -2.06. The number of hydrogen-bond acceptors (Lipinski definition) is 3. The molecule has 2 nitrogen and oxygen atoms in total. The first-order valence-electron chi connectivity index (χ1n) is 5.30. The number of rotatable bonds is 4. The van der Waals surface area contributed by atoms with E-state index in [1.54, 1.807) is 11.3 Å². The number of benzene rings is 1. The standard InChI is InChI=1S/C13H12INOS/c1-9-8-17-13(15-9)7-12(16)6-10-2-4-11(14)5-3-10/h2-5,8H,6-7H2,1H3. The van der Waals surface area contributed by atoms with E-state index in [-0.39, 0.29) is 5.78 Å².